The third-order valence-electron chi connectivity index (χ3n) is 2.81. The van der Waals surface area contributed by atoms with Crippen molar-refractivity contribution in [2.45, 2.75) is 18.3 Å². The van der Waals surface area contributed by atoms with Crippen LogP contribution in [0.4, 0.5) is 13.2 Å². The zero-order valence-corrected chi connectivity index (χ0v) is 11.2. The van der Waals surface area contributed by atoms with Crippen LogP contribution in [0.5, 0.6) is 0 Å². The zero-order valence-electron chi connectivity index (χ0n) is 10.3. The average molecular weight is 298 g/mol. The normalized spacial score (nSPS) is 14.9. The summed E-state index contributed by atoms with van der Waals surface area (Å²) < 4.78 is 39.1. The number of hydrogen-bond donors (Lipinski definition) is 0. The van der Waals surface area contributed by atoms with Gasteiger partial charge in [0.1, 0.15) is 0 Å². The zero-order chi connectivity index (χ0) is 14.3. The Morgan fingerprint density at radius 1 is 1.15 bits per heavy atom. The number of nitrogens with zero attached hydrogens (tertiary/aromatic N) is 4. The molecule has 1 aliphatic heterocycles. The van der Waals surface area contributed by atoms with E-state index in [4.69, 9.17) is 0 Å². The molecule has 0 bridgehead atoms. The summed E-state index contributed by atoms with van der Waals surface area (Å²) in [4.78, 5) is 0. The minimum Gasteiger partial charge on any atom is -0.182 e. The number of aryl methyl sites for hydroxylation is 1. The highest BCUT2D eigenvalue weighted by Gasteiger charge is 2.39. The first kappa shape index (κ1) is 13.2. The summed E-state index contributed by atoms with van der Waals surface area (Å²) in [6, 6.07) is 7.48. The van der Waals surface area contributed by atoms with Crippen molar-refractivity contribution in [1.29, 1.82) is 0 Å². The van der Waals surface area contributed by atoms with Gasteiger partial charge in [-0.1, -0.05) is 41.6 Å². The van der Waals surface area contributed by atoms with Crippen LogP contribution in [0.2, 0.25) is 0 Å². The monoisotopic (exact) mass is 298 g/mol. The molecule has 0 saturated carbocycles. The topological polar surface area (TPSA) is 43.1 Å². The lowest BCUT2D eigenvalue weighted by molar-refractivity contribution is -0.147. The second-order valence-corrected chi connectivity index (χ2v) is 5.26. The summed E-state index contributed by atoms with van der Waals surface area (Å²) in [5, 5.41) is 10.9. The van der Waals surface area contributed by atoms with E-state index in [9.17, 15) is 13.2 Å². The van der Waals surface area contributed by atoms with E-state index in [0.29, 0.717) is 11.5 Å². The Labute approximate surface area is 116 Å². The van der Waals surface area contributed by atoms with E-state index in [2.05, 4.69) is 15.3 Å². The van der Waals surface area contributed by atoms with Crippen LogP contribution < -0.4 is 0 Å². The van der Waals surface area contributed by atoms with Gasteiger partial charge in [0, 0.05) is 5.75 Å². The molecule has 0 saturated heterocycles. The van der Waals surface area contributed by atoms with Gasteiger partial charge in [-0.05, 0) is 12.5 Å². The largest absolute Gasteiger partial charge is 0.453 e. The third kappa shape index (κ3) is 2.31. The average Bonchev–Trinajstić information content (AvgIpc) is 2.82. The van der Waals surface area contributed by atoms with Crippen LogP contribution in [-0.2, 0) is 6.18 Å². The van der Waals surface area contributed by atoms with E-state index in [-0.39, 0.29) is 5.16 Å². The summed E-state index contributed by atoms with van der Waals surface area (Å²) >= 11 is 1.19. The summed E-state index contributed by atoms with van der Waals surface area (Å²) in [7, 11) is 0. The number of aromatic nitrogens is 3. The molecule has 2 heterocycles. The Hall–Kier alpha value is -1.83. The van der Waals surface area contributed by atoms with Crippen LogP contribution in [0, 0.1) is 6.92 Å². The van der Waals surface area contributed by atoms with Crippen molar-refractivity contribution in [1.82, 2.24) is 14.9 Å². The predicted octanol–water partition coefficient (Wildman–Crippen LogP) is 2.96. The van der Waals surface area contributed by atoms with E-state index < -0.39 is 12.0 Å². The molecule has 0 fully saturated rings. The van der Waals surface area contributed by atoms with Gasteiger partial charge in [0.05, 0.1) is 5.71 Å². The molecule has 8 heteroatoms. The van der Waals surface area contributed by atoms with Gasteiger partial charge in [-0.25, -0.2) is 0 Å². The fourth-order valence-corrected chi connectivity index (χ4v) is 2.63. The molecule has 0 spiro atoms. The molecule has 1 aliphatic rings. The lowest BCUT2D eigenvalue weighted by Crippen LogP contribution is -2.18. The molecule has 0 aliphatic carbocycles. The first-order chi connectivity index (χ1) is 9.45. The van der Waals surface area contributed by atoms with E-state index >= 15 is 0 Å². The summed E-state index contributed by atoms with van der Waals surface area (Å²) in [5.74, 6) is -0.622. The number of halogens is 3. The predicted molar refractivity (Wildman–Crippen MR) is 68.9 cm³/mol. The highest BCUT2D eigenvalue weighted by atomic mass is 32.2. The van der Waals surface area contributed by atoms with Crippen LogP contribution >= 0.6 is 11.8 Å². The van der Waals surface area contributed by atoms with Gasteiger partial charge in [-0.3, -0.25) is 0 Å². The minimum absolute atomic E-state index is 0.160. The van der Waals surface area contributed by atoms with Crippen molar-refractivity contribution in [3.05, 3.63) is 41.2 Å². The highest BCUT2D eigenvalue weighted by molar-refractivity contribution is 7.99. The molecule has 0 amide bonds. The molecule has 3 rings (SSSR count). The molecule has 104 valence electrons. The Kier molecular flexibility index (Phi) is 3.04. The van der Waals surface area contributed by atoms with Crippen molar-refractivity contribution in [3.63, 3.8) is 0 Å². The molecule has 0 radical (unpaired) electrons. The summed E-state index contributed by atoms with van der Waals surface area (Å²) in [6.45, 7) is 1.95. The maximum absolute atomic E-state index is 12.8. The Morgan fingerprint density at radius 2 is 1.85 bits per heavy atom. The second-order valence-electron chi connectivity index (χ2n) is 4.32. The number of fused-ring (bicyclic) bond motifs is 1. The van der Waals surface area contributed by atoms with Crippen molar-refractivity contribution in [3.8, 4) is 0 Å². The van der Waals surface area contributed by atoms with Crippen LogP contribution in [0.3, 0.4) is 0 Å². The van der Waals surface area contributed by atoms with Gasteiger partial charge in [0.15, 0.2) is 0 Å². The molecular weight excluding hydrogens is 289 g/mol. The Bertz CT molecular complexity index is 673. The van der Waals surface area contributed by atoms with Crippen LogP contribution in [0.15, 0.2) is 34.5 Å². The van der Waals surface area contributed by atoms with Crippen molar-refractivity contribution in [2.24, 2.45) is 5.10 Å². The number of thioether (sulfide) groups is 1. The quantitative estimate of drug-likeness (QED) is 0.813. The van der Waals surface area contributed by atoms with Crippen LogP contribution in [-0.4, -0.2) is 26.3 Å². The summed E-state index contributed by atoms with van der Waals surface area (Å²) in [5.41, 5.74) is 2.46. The van der Waals surface area contributed by atoms with Gasteiger partial charge in [0.2, 0.25) is 5.16 Å². The van der Waals surface area contributed by atoms with Crippen molar-refractivity contribution in [2.75, 3.05) is 5.75 Å². The number of benzene rings is 1. The first-order valence-corrected chi connectivity index (χ1v) is 6.74. The van der Waals surface area contributed by atoms with E-state index in [0.717, 1.165) is 15.8 Å². The number of rotatable bonds is 1. The maximum Gasteiger partial charge on any atom is 0.453 e. The molecule has 20 heavy (non-hydrogen) atoms. The second kappa shape index (κ2) is 4.62. The fourth-order valence-electron chi connectivity index (χ4n) is 1.79. The van der Waals surface area contributed by atoms with Crippen molar-refractivity contribution >= 4 is 17.5 Å². The molecule has 0 N–H and O–H groups in total. The molecule has 1 aromatic carbocycles. The standard InChI is InChI=1S/C12H9F3N4S/c1-7-2-4-8(5-3-7)9-6-20-11-17-16-10(12(13,14)15)19(11)18-9/h2-5H,6H2,1H3. The minimum atomic E-state index is -4.56. The third-order valence-corrected chi connectivity index (χ3v) is 3.74. The summed E-state index contributed by atoms with van der Waals surface area (Å²) in [6.07, 6.45) is -4.56. The van der Waals surface area contributed by atoms with E-state index in [1.807, 2.05) is 31.2 Å². The molecule has 1 aromatic heterocycles. The lowest BCUT2D eigenvalue weighted by Gasteiger charge is -2.14. The molecular formula is C12H9F3N4S. The fraction of sp³-hybridized carbons (Fsp3) is 0.250. The highest BCUT2D eigenvalue weighted by Crippen LogP contribution is 2.32. The first-order valence-electron chi connectivity index (χ1n) is 5.75. The maximum atomic E-state index is 12.8. The van der Waals surface area contributed by atoms with Crippen molar-refractivity contribution < 1.29 is 13.2 Å². The Balaban J connectivity index is 2.05. The molecule has 2 aromatic rings. The van der Waals surface area contributed by atoms with Crippen LogP contribution in [0.25, 0.3) is 0 Å². The number of hydrogen-bond acceptors (Lipinski definition) is 4. The van der Waals surface area contributed by atoms with Crippen LogP contribution in [0.1, 0.15) is 17.0 Å². The molecule has 4 nitrogen and oxygen atoms in total. The van der Waals surface area contributed by atoms with E-state index in [1.54, 1.807) is 0 Å². The lowest BCUT2D eigenvalue weighted by atomic mass is 10.1. The van der Waals surface area contributed by atoms with Gasteiger partial charge in [-0.2, -0.15) is 22.9 Å². The molecule has 0 unspecified atom stereocenters. The van der Waals surface area contributed by atoms with Gasteiger partial charge < -0.3 is 0 Å². The Morgan fingerprint density at radius 3 is 2.50 bits per heavy atom. The van der Waals surface area contributed by atoms with Gasteiger partial charge in [-0.15, -0.1) is 10.2 Å². The van der Waals surface area contributed by atoms with E-state index in [1.165, 1.54) is 11.8 Å². The molecule has 0 atom stereocenters. The number of alkyl halides is 3. The SMILES string of the molecule is Cc1ccc(C2=Nn3c(nnc3C(F)(F)F)SC2)cc1. The van der Waals surface area contributed by atoms with Gasteiger partial charge >= 0.3 is 6.18 Å². The van der Waals surface area contributed by atoms with Gasteiger partial charge in [0.25, 0.3) is 5.82 Å². The smallest absolute Gasteiger partial charge is 0.182 e.